The molecule has 2 rings (SSSR count). The summed E-state index contributed by atoms with van der Waals surface area (Å²) in [4.78, 5) is 37.2. The second-order valence-corrected chi connectivity index (χ2v) is 6.23. The number of hydrogen-bond acceptors (Lipinski definition) is 3. The van der Waals surface area contributed by atoms with Crippen molar-refractivity contribution in [3.63, 3.8) is 0 Å². The van der Waals surface area contributed by atoms with Gasteiger partial charge in [-0.05, 0) is 31.0 Å². The molecule has 2 amide bonds. The number of unbranched alkanes of at least 4 members (excludes halogenated alkanes) is 1. The number of amides is 2. The highest BCUT2D eigenvalue weighted by molar-refractivity contribution is 6.34. The van der Waals surface area contributed by atoms with Gasteiger partial charge in [-0.15, -0.1) is 0 Å². The van der Waals surface area contributed by atoms with E-state index in [1.807, 2.05) is 6.92 Å². The Hall–Kier alpha value is -2.08. The van der Waals surface area contributed by atoms with Crippen LogP contribution in [0.4, 0.5) is 5.69 Å². The fraction of sp³-hybridized carbons (Fsp3) is 0.471. The van der Waals surface area contributed by atoms with Gasteiger partial charge in [0.25, 0.3) is 5.91 Å². The second-order valence-electron chi connectivity index (χ2n) is 5.82. The first kappa shape index (κ1) is 18.3. The Morgan fingerprint density at radius 1 is 1.42 bits per heavy atom. The number of aliphatic carboxylic acids is 1. The highest BCUT2D eigenvalue weighted by atomic mass is 35.5. The number of nitrogens with zero attached hydrogens (tertiary/aromatic N) is 1. The maximum absolute atomic E-state index is 12.4. The van der Waals surface area contributed by atoms with Crippen LogP contribution in [0.1, 0.15) is 49.4 Å². The molecule has 130 valence electrons. The molecule has 0 aliphatic carbocycles. The van der Waals surface area contributed by atoms with Crippen LogP contribution in [-0.2, 0) is 9.59 Å². The number of benzene rings is 1. The van der Waals surface area contributed by atoms with Crippen molar-refractivity contribution < 1.29 is 19.5 Å². The Morgan fingerprint density at radius 3 is 2.75 bits per heavy atom. The van der Waals surface area contributed by atoms with Crippen LogP contribution < -0.4 is 10.2 Å². The van der Waals surface area contributed by atoms with E-state index in [0.717, 1.165) is 12.8 Å². The molecule has 0 spiro atoms. The molecule has 1 aliphatic heterocycles. The van der Waals surface area contributed by atoms with Gasteiger partial charge in [0, 0.05) is 18.7 Å². The van der Waals surface area contributed by atoms with Crippen LogP contribution in [0.25, 0.3) is 0 Å². The fourth-order valence-corrected chi connectivity index (χ4v) is 2.88. The zero-order valence-corrected chi connectivity index (χ0v) is 14.3. The number of carboxylic acids is 1. The largest absolute Gasteiger partial charge is 0.480 e. The molecule has 6 nitrogen and oxygen atoms in total. The number of carbonyl (C=O) groups is 3. The average molecular weight is 353 g/mol. The standard InChI is InChI=1S/C17H21ClN2O4/c1-2-3-5-14(17(23)24)19-16(22)12-10-11(7-8-13(12)18)20-9-4-6-15(20)21/h7-8,10,14H,2-6,9H2,1H3,(H,19,22)(H,23,24). The molecule has 0 saturated carbocycles. The van der Waals surface area contributed by atoms with E-state index in [9.17, 15) is 19.5 Å². The Labute approximate surface area is 145 Å². The van der Waals surface area contributed by atoms with E-state index >= 15 is 0 Å². The molecule has 1 aliphatic rings. The van der Waals surface area contributed by atoms with E-state index < -0.39 is 17.9 Å². The number of carboxylic acid groups (broad SMARTS) is 1. The number of halogens is 1. The molecule has 0 radical (unpaired) electrons. The third-order valence-corrected chi connectivity index (χ3v) is 4.36. The minimum atomic E-state index is -1.07. The van der Waals surface area contributed by atoms with Crippen molar-refractivity contribution in [3.05, 3.63) is 28.8 Å². The van der Waals surface area contributed by atoms with Gasteiger partial charge in [0.2, 0.25) is 5.91 Å². The highest BCUT2D eigenvalue weighted by Crippen LogP contribution is 2.26. The molecule has 1 aromatic rings. The lowest BCUT2D eigenvalue weighted by Crippen LogP contribution is -2.40. The first-order valence-corrected chi connectivity index (χ1v) is 8.45. The number of carbonyl (C=O) groups excluding carboxylic acids is 2. The lowest BCUT2D eigenvalue weighted by atomic mass is 10.1. The van der Waals surface area contributed by atoms with Gasteiger partial charge in [0.05, 0.1) is 10.6 Å². The lowest BCUT2D eigenvalue weighted by molar-refractivity contribution is -0.139. The molecule has 1 heterocycles. The van der Waals surface area contributed by atoms with Crippen LogP contribution in [0.3, 0.4) is 0 Å². The van der Waals surface area contributed by atoms with Crippen molar-refractivity contribution in [3.8, 4) is 0 Å². The maximum Gasteiger partial charge on any atom is 0.326 e. The summed E-state index contributed by atoms with van der Waals surface area (Å²) in [5.74, 6) is -1.61. The Bertz CT molecular complexity index is 647. The molecule has 0 aromatic heterocycles. The number of anilines is 1. The number of rotatable bonds is 7. The van der Waals surface area contributed by atoms with Gasteiger partial charge in [0.15, 0.2) is 0 Å². The smallest absolute Gasteiger partial charge is 0.326 e. The number of hydrogen-bond donors (Lipinski definition) is 2. The quantitative estimate of drug-likeness (QED) is 0.790. The lowest BCUT2D eigenvalue weighted by Gasteiger charge is -2.18. The van der Waals surface area contributed by atoms with E-state index in [0.29, 0.717) is 31.5 Å². The molecule has 2 N–H and O–H groups in total. The molecule has 1 saturated heterocycles. The van der Waals surface area contributed by atoms with Crippen molar-refractivity contribution >= 4 is 35.1 Å². The first-order valence-electron chi connectivity index (χ1n) is 8.07. The second kappa shape index (κ2) is 8.15. The Kier molecular flexibility index (Phi) is 6.20. The fourth-order valence-electron chi connectivity index (χ4n) is 2.68. The van der Waals surface area contributed by atoms with Gasteiger partial charge in [-0.1, -0.05) is 31.4 Å². The van der Waals surface area contributed by atoms with Crippen LogP contribution in [0.2, 0.25) is 5.02 Å². The minimum Gasteiger partial charge on any atom is -0.480 e. The summed E-state index contributed by atoms with van der Waals surface area (Å²) in [6, 6.07) is 3.83. The predicted octanol–water partition coefficient (Wildman–Crippen LogP) is 2.84. The van der Waals surface area contributed by atoms with Crippen LogP contribution in [0.5, 0.6) is 0 Å². The van der Waals surface area contributed by atoms with E-state index in [1.54, 1.807) is 23.1 Å². The molecule has 1 aromatic carbocycles. The summed E-state index contributed by atoms with van der Waals surface area (Å²) in [5.41, 5.74) is 0.782. The number of nitrogens with one attached hydrogen (secondary N) is 1. The average Bonchev–Trinajstić information content (AvgIpc) is 2.97. The van der Waals surface area contributed by atoms with E-state index in [2.05, 4.69) is 5.32 Å². The summed E-state index contributed by atoms with van der Waals surface area (Å²) < 4.78 is 0. The van der Waals surface area contributed by atoms with Gasteiger partial charge in [-0.25, -0.2) is 4.79 Å². The van der Waals surface area contributed by atoms with Crippen molar-refractivity contribution in [1.82, 2.24) is 5.32 Å². The topological polar surface area (TPSA) is 86.7 Å². The summed E-state index contributed by atoms with van der Waals surface area (Å²) in [6.07, 6.45) is 3.17. The zero-order valence-electron chi connectivity index (χ0n) is 13.5. The monoisotopic (exact) mass is 352 g/mol. The Balaban J connectivity index is 2.18. The first-order chi connectivity index (χ1) is 11.4. The minimum absolute atomic E-state index is 0.00930. The van der Waals surface area contributed by atoms with Crippen LogP contribution >= 0.6 is 11.6 Å². The molecule has 1 unspecified atom stereocenters. The van der Waals surface area contributed by atoms with Crippen molar-refractivity contribution in [2.75, 3.05) is 11.4 Å². The van der Waals surface area contributed by atoms with E-state index in [-0.39, 0.29) is 16.5 Å². The highest BCUT2D eigenvalue weighted by Gasteiger charge is 2.25. The SMILES string of the molecule is CCCCC(NC(=O)c1cc(N2CCCC2=O)ccc1Cl)C(=O)O. The molecule has 24 heavy (non-hydrogen) atoms. The summed E-state index contributed by atoms with van der Waals surface area (Å²) in [5, 5.41) is 12.0. The van der Waals surface area contributed by atoms with Crippen molar-refractivity contribution in [2.45, 2.75) is 45.1 Å². The van der Waals surface area contributed by atoms with Crippen LogP contribution in [0, 0.1) is 0 Å². The van der Waals surface area contributed by atoms with Gasteiger partial charge in [-0.3, -0.25) is 9.59 Å². The third kappa shape index (κ3) is 4.26. The normalized spacial score (nSPS) is 15.4. The third-order valence-electron chi connectivity index (χ3n) is 4.03. The van der Waals surface area contributed by atoms with Gasteiger partial charge >= 0.3 is 5.97 Å². The molecule has 1 fully saturated rings. The molecular weight excluding hydrogens is 332 g/mol. The molecule has 7 heteroatoms. The van der Waals surface area contributed by atoms with E-state index in [4.69, 9.17) is 11.6 Å². The van der Waals surface area contributed by atoms with Crippen LogP contribution in [0.15, 0.2) is 18.2 Å². The summed E-state index contributed by atoms with van der Waals surface area (Å²) >= 11 is 6.09. The van der Waals surface area contributed by atoms with Gasteiger partial charge < -0.3 is 15.3 Å². The predicted molar refractivity (Wildman–Crippen MR) is 91.5 cm³/mol. The Morgan fingerprint density at radius 2 is 2.17 bits per heavy atom. The van der Waals surface area contributed by atoms with Crippen molar-refractivity contribution in [2.24, 2.45) is 0 Å². The summed E-state index contributed by atoms with van der Waals surface area (Å²) in [7, 11) is 0. The maximum atomic E-state index is 12.4. The molecule has 0 bridgehead atoms. The van der Waals surface area contributed by atoms with Gasteiger partial charge in [0.1, 0.15) is 6.04 Å². The molecular formula is C17H21ClN2O4. The summed E-state index contributed by atoms with van der Waals surface area (Å²) in [6.45, 7) is 2.56. The van der Waals surface area contributed by atoms with Crippen molar-refractivity contribution in [1.29, 1.82) is 0 Å². The molecule has 1 atom stereocenters. The zero-order chi connectivity index (χ0) is 17.7. The van der Waals surface area contributed by atoms with Gasteiger partial charge in [-0.2, -0.15) is 0 Å². The van der Waals surface area contributed by atoms with Crippen LogP contribution in [-0.4, -0.2) is 35.5 Å². The van der Waals surface area contributed by atoms with E-state index in [1.165, 1.54) is 0 Å².